The number of ether oxygens (including phenoxy) is 1. The fourth-order valence-corrected chi connectivity index (χ4v) is 7.68. The second kappa shape index (κ2) is 31.1. The number of carbonyl (C=O) groups excluding carboxylic acids is 3. The van der Waals surface area contributed by atoms with E-state index in [0.29, 0.717) is 57.8 Å². The molecule has 0 aromatic heterocycles. The van der Waals surface area contributed by atoms with Gasteiger partial charge in [-0.15, -0.1) is 0 Å². The van der Waals surface area contributed by atoms with Crippen LogP contribution < -0.4 is 10.6 Å². The minimum atomic E-state index is -0.949. The Morgan fingerprint density at radius 2 is 1.36 bits per heavy atom. The summed E-state index contributed by atoms with van der Waals surface area (Å²) in [4.78, 5) is 40.0. The van der Waals surface area contributed by atoms with Gasteiger partial charge in [-0.05, 0) is 121 Å². The van der Waals surface area contributed by atoms with E-state index in [4.69, 9.17) is 4.74 Å². The van der Waals surface area contributed by atoms with Crippen molar-refractivity contribution in [3.63, 3.8) is 0 Å². The van der Waals surface area contributed by atoms with Crippen molar-refractivity contribution in [1.29, 1.82) is 0 Å². The van der Waals surface area contributed by atoms with Gasteiger partial charge in [0.2, 0.25) is 11.8 Å². The molecule has 0 aromatic carbocycles. The number of nitrogens with zero attached hydrogens (tertiary/aromatic N) is 1. The minimum Gasteiger partial charge on any atom is -0.461 e. The Hall–Kier alpha value is -3.79. The molecular formula is C52H83N3O6. The lowest BCUT2D eigenvalue weighted by molar-refractivity contribution is -0.164. The van der Waals surface area contributed by atoms with Crippen molar-refractivity contribution < 1.29 is 29.3 Å². The average Bonchev–Trinajstić information content (AvgIpc) is 3.21. The van der Waals surface area contributed by atoms with Gasteiger partial charge in [0.05, 0.1) is 24.0 Å². The smallest absolute Gasteiger partial charge is 0.311 e. The molecule has 0 aromatic rings. The Labute approximate surface area is 370 Å². The topological polar surface area (TPSA) is 128 Å². The van der Waals surface area contributed by atoms with Crippen LogP contribution in [0.5, 0.6) is 0 Å². The van der Waals surface area contributed by atoms with Crippen LogP contribution >= 0.6 is 0 Å². The number of aliphatic hydroxyl groups is 2. The van der Waals surface area contributed by atoms with E-state index in [1.807, 2.05) is 32.7 Å². The lowest BCUT2D eigenvalue weighted by Crippen LogP contribution is -2.43. The second-order valence-electron chi connectivity index (χ2n) is 17.8. The maximum absolute atomic E-state index is 13.1. The Balaban J connectivity index is 1.56. The van der Waals surface area contributed by atoms with Crippen molar-refractivity contribution in [2.24, 2.45) is 29.1 Å². The molecule has 0 spiro atoms. The largest absolute Gasteiger partial charge is 0.461 e. The molecule has 9 heteroatoms. The SMILES string of the molecule is CCC=CCC=CCC=CCC=CCC=CCC=CCCC(=O)NCCN(C)CCNC(=O)CC(O)CC(O)CCC1C(C)C=CC2=CC(C)CC(OC(=O)C(C)(C)CC)C21. The summed E-state index contributed by atoms with van der Waals surface area (Å²) in [6.07, 6.45) is 40.5. The van der Waals surface area contributed by atoms with Crippen LogP contribution in [0.3, 0.4) is 0 Å². The van der Waals surface area contributed by atoms with E-state index < -0.39 is 17.6 Å². The van der Waals surface area contributed by atoms with E-state index >= 15 is 0 Å². The number of amides is 2. The van der Waals surface area contributed by atoms with Gasteiger partial charge in [0.25, 0.3) is 0 Å². The monoisotopic (exact) mass is 846 g/mol. The van der Waals surface area contributed by atoms with Crippen LogP contribution in [0, 0.1) is 29.1 Å². The van der Waals surface area contributed by atoms with Crippen LogP contribution in [0.4, 0.5) is 0 Å². The summed E-state index contributed by atoms with van der Waals surface area (Å²) in [6.45, 7) is 14.6. The van der Waals surface area contributed by atoms with Gasteiger partial charge in [0.15, 0.2) is 0 Å². The number of hydrogen-bond acceptors (Lipinski definition) is 7. The van der Waals surface area contributed by atoms with Crippen LogP contribution in [0.15, 0.2) is 96.7 Å². The number of hydrogen-bond donors (Lipinski definition) is 4. The molecule has 0 saturated carbocycles. The predicted molar refractivity (Wildman–Crippen MR) is 253 cm³/mol. The van der Waals surface area contributed by atoms with Gasteiger partial charge in [-0.2, -0.15) is 0 Å². The lowest BCUT2D eigenvalue weighted by Gasteiger charge is -2.44. The third-order valence-corrected chi connectivity index (χ3v) is 11.9. The molecular weight excluding hydrogens is 763 g/mol. The normalized spacial score (nSPS) is 21.9. The maximum atomic E-state index is 13.1. The first-order chi connectivity index (χ1) is 29.3. The molecule has 0 fully saturated rings. The molecule has 2 aliphatic rings. The first kappa shape index (κ1) is 53.3. The molecule has 7 atom stereocenters. The van der Waals surface area contributed by atoms with Crippen LogP contribution in [0.1, 0.15) is 131 Å². The minimum absolute atomic E-state index is 0.0222. The van der Waals surface area contributed by atoms with E-state index in [1.165, 1.54) is 5.57 Å². The van der Waals surface area contributed by atoms with E-state index in [1.54, 1.807) is 0 Å². The van der Waals surface area contributed by atoms with Crippen molar-refractivity contribution in [3.8, 4) is 0 Å². The molecule has 0 bridgehead atoms. The van der Waals surface area contributed by atoms with Crippen molar-refractivity contribution in [2.45, 2.75) is 150 Å². The number of nitrogens with one attached hydrogen (secondary N) is 2. The molecule has 0 radical (unpaired) electrons. The highest BCUT2D eigenvalue weighted by atomic mass is 16.5. The van der Waals surface area contributed by atoms with E-state index in [2.05, 4.69) is 123 Å². The fraction of sp³-hybridized carbons (Fsp3) is 0.635. The zero-order valence-corrected chi connectivity index (χ0v) is 38.9. The molecule has 9 nitrogen and oxygen atoms in total. The molecule has 2 rings (SSSR count). The number of allylic oxidation sites excluding steroid dienone is 15. The highest BCUT2D eigenvalue weighted by Gasteiger charge is 2.43. The Kier molecular flexibility index (Phi) is 27.2. The standard InChI is InChI=1S/C52H83N3O6/c1-8-10-11-12-13-14-15-16-17-18-19-20-21-22-23-24-25-26-27-28-48(58)53-33-35-55(7)36-34-54-49(59)40-45(57)39-44(56)31-32-46-42(4)29-30-43-37-41(3)38-47(50(43)46)61-51(60)52(5,6)9-2/h10-11,13-14,16-17,19-20,22-23,25-26,29-30,37,41-42,44-47,50,56-57H,8-9,12,15,18,21,24,27-28,31-36,38-40H2,1-7H3,(H,53,58)(H,54,59). The third-order valence-electron chi connectivity index (χ3n) is 11.9. The molecule has 61 heavy (non-hydrogen) atoms. The Morgan fingerprint density at radius 3 is 1.92 bits per heavy atom. The first-order valence-electron chi connectivity index (χ1n) is 23.4. The summed E-state index contributed by atoms with van der Waals surface area (Å²) in [6, 6.07) is 0. The number of rotatable bonds is 30. The highest BCUT2D eigenvalue weighted by molar-refractivity contribution is 5.77. The molecule has 0 heterocycles. The number of fused-ring (bicyclic) bond motifs is 1. The molecule has 7 unspecified atom stereocenters. The van der Waals surface area contributed by atoms with Gasteiger partial charge in [0.1, 0.15) is 6.10 Å². The summed E-state index contributed by atoms with van der Waals surface area (Å²) in [5.74, 6) is 0.441. The average molecular weight is 846 g/mol. The van der Waals surface area contributed by atoms with Gasteiger partial charge < -0.3 is 30.5 Å². The number of carbonyl (C=O) groups is 3. The van der Waals surface area contributed by atoms with E-state index in [9.17, 15) is 24.6 Å². The summed E-state index contributed by atoms with van der Waals surface area (Å²) in [7, 11) is 1.94. The number of likely N-dealkylation sites (N-methyl/N-ethyl adjacent to an activating group) is 1. The second-order valence-corrected chi connectivity index (χ2v) is 17.8. The van der Waals surface area contributed by atoms with Gasteiger partial charge in [-0.25, -0.2) is 0 Å². The number of aliphatic hydroxyl groups excluding tert-OH is 2. The lowest BCUT2D eigenvalue weighted by atomic mass is 9.65. The van der Waals surface area contributed by atoms with Crippen molar-refractivity contribution in [1.82, 2.24) is 15.5 Å². The van der Waals surface area contributed by atoms with E-state index in [-0.39, 0.29) is 54.5 Å². The quantitative estimate of drug-likeness (QED) is 0.0419. The van der Waals surface area contributed by atoms with Crippen LogP contribution in [-0.4, -0.2) is 84.4 Å². The summed E-state index contributed by atoms with van der Waals surface area (Å²) in [5, 5.41) is 27.4. The van der Waals surface area contributed by atoms with Crippen LogP contribution in [0.25, 0.3) is 0 Å². The zero-order valence-electron chi connectivity index (χ0n) is 38.9. The van der Waals surface area contributed by atoms with Gasteiger partial charge in [0, 0.05) is 38.5 Å². The van der Waals surface area contributed by atoms with Crippen LogP contribution in [-0.2, 0) is 19.1 Å². The van der Waals surface area contributed by atoms with Gasteiger partial charge >= 0.3 is 5.97 Å². The zero-order chi connectivity index (χ0) is 44.9. The van der Waals surface area contributed by atoms with E-state index in [0.717, 1.165) is 51.4 Å². The van der Waals surface area contributed by atoms with Crippen molar-refractivity contribution in [3.05, 3.63) is 96.7 Å². The summed E-state index contributed by atoms with van der Waals surface area (Å²) in [5.41, 5.74) is 0.671. The fourth-order valence-electron chi connectivity index (χ4n) is 7.68. The molecule has 2 amide bonds. The van der Waals surface area contributed by atoms with Crippen molar-refractivity contribution in [2.75, 3.05) is 33.2 Å². The molecule has 0 aliphatic heterocycles. The highest BCUT2D eigenvalue weighted by Crippen LogP contribution is 2.45. The van der Waals surface area contributed by atoms with Crippen molar-refractivity contribution >= 4 is 17.8 Å². The predicted octanol–water partition coefficient (Wildman–Crippen LogP) is 9.66. The van der Waals surface area contributed by atoms with Gasteiger partial charge in [-0.3, -0.25) is 14.4 Å². The Morgan fingerprint density at radius 1 is 0.820 bits per heavy atom. The van der Waals surface area contributed by atoms with Crippen LogP contribution in [0.2, 0.25) is 0 Å². The summed E-state index contributed by atoms with van der Waals surface area (Å²) >= 11 is 0. The number of esters is 1. The molecule has 4 N–H and O–H groups in total. The Bertz CT molecular complexity index is 1520. The maximum Gasteiger partial charge on any atom is 0.311 e. The molecule has 0 saturated heterocycles. The molecule has 2 aliphatic carbocycles. The molecule has 342 valence electrons. The third kappa shape index (κ3) is 23.3. The summed E-state index contributed by atoms with van der Waals surface area (Å²) < 4.78 is 6.22. The van der Waals surface area contributed by atoms with Gasteiger partial charge in [-0.1, -0.05) is 119 Å². The first-order valence-corrected chi connectivity index (χ1v) is 23.4.